The van der Waals surface area contributed by atoms with Gasteiger partial charge in [0, 0.05) is 18.3 Å². The third-order valence-electron chi connectivity index (χ3n) is 3.46. The lowest BCUT2D eigenvalue weighted by molar-refractivity contribution is -0.122. The Morgan fingerprint density at radius 3 is 2.42 bits per heavy atom. The number of hydrogen-bond donors (Lipinski definition) is 1. The van der Waals surface area contributed by atoms with Crippen molar-refractivity contribution in [1.82, 2.24) is 19.8 Å². The summed E-state index contributed by atoms with van der Waals surface area (Å²) in [6.45, 7) is 5.56. The molecular weight excluding hydrogens is 355 g/mol. The molecular formula is C18H23FN4O2S. The number of nitrogens with one attached hydrogen (secondary N) is 1. The van der Waals surface area contributed by atoms with Gasteiger partial charge in [-0.25, -0.2) is 9.37 Å². The molecule has 1 aromatic heterocycles. The first-order chi connectivity index (χ1) is 12.1. The first-order valence-corrected chi connectivity index (χ1v) is 9.29. The predicted molar refractivity (Wildman–Crippen MR) is 100 cm³/mol. The van der Waals surface area contributed by atoms with Crippen LogP contribution in [0.2, 0.25) is 0 Å². The number of halogens is 1. The Bertz CT molecular complexity index is 797. The topological polar surface area (TPSA) is 67.2 Å². The lowest BCUT2D eigenvalue weighted by Crippen LogP contribution is -2.46. The van der Waals surface area contributed by atoms with E-state index in [-0.39, 0.29) is 29.7 Å². The number of aromatic nitrogens is 2. The average Bonchev–Trinajstić information content (AvgIpc) is 2.96. The number of carbonyl (C=O) groups excluding carboxylic acids is 2. The number of imidazole rings is 1. The lowest BCUT2D eigenvalue weighted by atomic mass is 10.1. The van der Waals surface area contributed by atoms with Crippen LogP contribution in [0.3, 0.4) is 0 Å². The second-order valence-electron chi connectivity index (χ2n) is 6.90. The van der Waals surface area contributed by atoms with Crippen molar-refractivity contribution >= 4 is 23.6 Å². The smallest absolute Gasteiger partial charge is 0.272 e. The number of hydrogen-bond acceptors (Lipinski definition) is 4. The molecule has 2 aromatic rings. The summed E-state index contributed by atoms with van der Waals surface area (Å²) in [5.74, 6) is -0.944. The first-order valence-electron chi connectivity index (χ1n) is 8.06. The Hall–Kier alpha value is -2.35. The molecule has 0 spiro atoms. The molecule has 8 heteroatoms. The van der Waals surface area contributed by atoms with E-state index >= 15 is 0 Å². The fourth-order valence-electron chi connectivity index (χ4n) is 2.41. The van der Waals surface area contributed by atoms with Crippen molar-refractivity contribution < 1.29 is 14.0 Å². The van der Waals surface area contributed by atoms with Crippen LogP contribution in [0.25, 0.3) is 5.69 Å². The van der Waals surface area contributed by atoms with E-state index in [2.05, 4.69) is 10.3 Å². The van der Waals surface area contributed by atoms with E-state index < -0.39 is 0 Å². The van der Waals surface area contributed by atoms with Gasteiger partial charge in [-0.15, -0.1) is 0 Å². The number of likely N-dealkylation sites (N-methyl/N-ethyl adjacent to an activating group) is 1. The summed E-state index contributed by atoms with van der Waals surface area (Å²) in [4.78, 5) is 30.5. The first kappa shape index (κ1) is 20.0. The number of nitrogens with zero attached hydrogens (tertiary/aromatic N) is 3. The molecule has 1 N–H and O–H groups in total. The molecule has 1 heterocycles. The van der Waals surface area contributed by atoms with E-state index in [1.807, 2.05) is 27.0 Å². The van der Waals surface area contributed by atoms with Crippen LogP contribution in [0.15, 0.2) is 35.6 Å². The molecule has 2 rings (SSSR count). The highest BCUT2D eigenvalue weighted by Crippen LogP contribution is 2.22. The summed E-state index contributed by atoms with van der Waals surface area (Å²) in [6, 6.07) is 5.82. The Labute approximate surface area is 156 Å². The van der Waals surface area contributed by atoms with Gasteiger partial charge in [-0.3, -0.25) is 14.2 Å². The Morgan fingerprint density at radius 1 is 1.27 bits per heavy atom. The molecule has 1 aromatic carbocycles. The molecule has 26 heavy (non-hydrogen) atoms. The van der Waals surface area contributed by atoms with Crippen molar-refractivity contribution in [3.8, 4) is 5.69 Å². The van der Waals surface area contributed by atoms with Gasteiger partial charge in [0.15, 0.2) is 5.16 Å². The second kappa shape index (κ2) is 7.90. The van der Waals surface area contributed by atoms with E-state index in [1.165, 1.54) is 35.0 Å². The number of thioether (sulfide) groups is 1. The molecule has 0 saturated heterocycles. The van der Waals surface area contributed by atoms with Gasteiger partial charge in [-0.05, 0) is 51.3 Å². The van der Waals surface area contributed by atoms with Crippen LogP contribution in [0.4, 0.5) is 4.39 Å². The molecule has 0 atom stereocenters. The minimum atomic E-state index is -0.372. The summed E-state index contributed by atoms with van der Waals surface area (Å²) in [6.07, 6.45) is 3.31. The summed E-state index contributed by atoms with van der Waals surface area (Å²) in [5, 5.41) is 3.43. The van der Waals surface area contributed by atoms with Crippen LogP contribution < -0.4 is 5.32 Å². The molecule has 140 valence electrons. The van der Waals surface area contributed by atoms with E-state index in [0.29, 0.717) is 16.5 Å². The van der Waals surface area contributed by atoms with Crippen molar-refractivity contribution in [3.05, 3.63) is 42.0 Å². The molecule has 0 saturated carbocycles. The quantitative estimate of drug-likeness (QED) is 0.813. The third kappa shape index (κ3) is 4.85. The van der Waals surface area contributed by atoms with Crippen molar-refractivity contribution in [2.45, 2.75) is 31.5 Å². The minimum absolute atomic E-state index is 0.0701. The molecule has 0 radical (unpaired) electrons. The van der Waals surface area contributed by atoms with Crippen molar-refractivity contribution in [3.63, 3.8) is 0 Å². The minimum Gasteiger partial charge on any atom is -0.350 e. The van der Waals surface area contributed by atoms with Gasteiger partial charge >= 0.3 is 0 Å². The highest BCUT2D eigenvalue weighted by Gasteiger charge is 2.23. The van der Waals surface area contributed by atoms with Gasteiger partial charge in [-0.1, -0.05) is 11.8 Å². The highest BCUT2D eigenvalue weighted by atomic mass is 32.2. The van der Waals surface area contributed by atoms with Gasteiger partial charge in [0.25, 0.3) is 5.91 Å². The highest BCUT2D eigenvalue weighted by molar-refractivity contribution is 7.98. The lowest BCUT2D eigenvalue weighted by Gasteiger charge is -2.23. The zero-order valence-electron chi connectivity index (χ0n) is 15.5. The van der Waals surface area contributed by atoms with Crippen molar-refractivity contribution in [1.29, 1.82) is 0 Å². The van der Waals surface area contributed by atoms with E-state index in [1.54, 1.807) is 23.7 Å². The van der Waals surface area contributed by atoms with Crippen molar-refractivity contribution in [2.24, 2.45) is 0 Å². The maximum atomic E-state index is 13.2. The van der Waals surface area contributed by atoms with E-state index in [0.717, 1.165) is 0 Å². The van der Waals surface area contributed by atoms with E-state index in [9.17, 15) is 14.0 Å². The van der Waals surface area contributed by atoms with Gasteiger partial charge < -0.3 is 10.2 Å². The largest absolute Gasteiger partial charge is 0.350 e. The molecule has 0 bridgehead atoms. The van der Waals surface area contributed by atoms with Crippen LogP contribution in [-0.2, 0) is 4.79 Å². The second-order valence-corrected chi connectivity index (χ2v) is 7.67. The molecule has 6 nitrogen and oxygen atoms in total. The zero-order valence-corrected chi connectivity index (χ0v) is 16.4. The summed E-state index contributed by atoms with van der Waals surface area (Å²) < 4.78 is 14.9. The maximum Gasteiger partial charge on any atom is 0.272 e. The Kier molecular flexibility index (Phi) is 6.07. The SMILES string of the molecule is CSc1ncc(C(=O)N(C)CC(=O)NC(C)(C)C)n1-c1ccc(F)cc1. The summed E-state index contributed by atoms with van der Waals surface area (Å²) >= 11 is 1.37. The molecule has 0 unspecified atom stereocenters. The predicted octanol–water partition coefficient (Wildman–Crippen LogP) is 2.72. The van der Waals surface area contributed by atoms with Gasteiger partial charge in [0.05, 0.1) is 12.7 Å². The van der Waals surface area contributed by atoms with Crippen LogP contribution in [-0.4, -0.2) is 51.7 Å². The number of carbonyl (C=O) groups is 2. The number of amides is 2. The van der Waals surface area contributed by atoms with Crippen LogP contribution in [0, 0.1) is 5.82 Å². The van der Waals surface area contributed by atoms with Crippen LogP contribution in [0.1, 0.15) is 31.3 Å². The standard InChI is InChI=1S/C18H23FN4O2S/c1-18(2,3)21-15(24)11-22(4)16(25)14-10-20-17(26-5)23(14)13-8-6-12(19)7-9-13/h6-10H,11H2,1-5H3,(H,21,24). The molecule has 0 aliphatic rings. The van der Waals surface area contributed by atoms with Gasteiger partial charge in [0.1, 0.15) is 11.5 Å². The van der Waals surface area contributed by atoms with E-state index in [4.69, 9.17) is 0 Å². The fraction of sp³-hybridized carbons (Fsp3) is 0.389. The normalized spacial score (nSPS) is 11.3. The molecule has 0 fully saturated rings. The Morgan fingerprint density at radius 2 is 1.88 bits per heavy atom. The number of benzene rings is 1. The van der Waals surface area contributed by atoms with Crippen LogP contribution >= 0.6 is 11.8 Å². The van der Waals surface area contributed by atoms with Gasteiger partial charge in [-0.2, -0.15) is 0 Å². The monoisotopic (exact) mass is 378 g/mol. The van der Waals surface area contributed by atoms with Crippen LogP contribution in [0.5, 0.6) is 0 Å². The average molecular weight is 378 g/mol. The maximum absolute atomic E-state index is 13.2. The number of rotatable bonds is 5. The summed E-state index contributed by atoms with van der Waals surface area (Å²) in [5.41, 5.74) is 0.569. The zero-order chi connectivity index (χ0) is 19.5. The van der Waals surface area contributed by atoms with Crippen molar-refractivity contribution in [2.75, 3.05) is 19.8 Å². The molecule has 0 aliphatic heterocycles. The van der Waals surface area contributed by atoms with Gasteiger partial charge in [0.2, 0.25) is 5.91 Å². The third-order valence-corrected chi connectivity index (χ3v) is 4.11. The fourth-order valence-corrected chi connectivity index (χ4v) is 2.95. The molecule has 0 aliphatic carbocycles. The Balaban J connectivity index is 2.27. The molecule has 2 amide bonds. The summed E-state index contributed by atoms with van der Waals surface area (Å²) in [7, 11) is 1.56.